The molecule has 3 aromatic rings. The van der Waals surface area contributed by atoms with Gasteiger partial charge in [0, 0.05) is 16.8 Å². The third-order valence-corrected chi connectivity index (χ3v) is 7.84. The molecule has 0 spiro atoms. The number of rotatable bonds is 5. The molecule has 0 amide bonds. The highest BCUT2D eigenvalue weighted by Gasteiger charge is 2.37. The van der Waals surface area contributed by atoms with E-state index in [1.165, 1.54) is 0 Å². The molecule has 25 heavy (non-hydrogen) atoms. The summed E-state index contributed by atoms with van der Waals surface area (Å²) in [4.78, 5) is 0. The molecular weight excluding hydrogens is 327 g/mol. The molecule has 0 fully saturated rings. The maximum atomic E-state index is 14.1. The largest absolute Gasteiger partial charge is 0.385 e. The van der Waals surface area contributed by atoms with Gasteiger partial charge in [0.15, 0.2) is 0 Å². The Labute approximate surface area is 149 Å². The Kier molecular flexibility index (Phi) is 4.94. The van der Waals surface area contributed by atoms with Crippen LogP contribution < -0.4 is 10.6 Å². The van der Waals surface area contributed by atoms with Gasteiger partial charge in [0.25, 0.3) is 0 Å². The van der Waals surface area contributed by atoms with Crippen LogP contribution in [0, 0.1) is 6.92 Å². The molecule has 1 atom stereocenters. The predicted octanol–water partition coefficient (Wildman–Crippen LogP) is 4.22. The van der Waals surface area contributed by atoms with Crippen LogP contribution >= 0.6 is 7.14 Å². The van der Waals surface area contributed by atoms with Crippen LogP contribution in [0.25, 0.3) is 0 Å². The maximum Gasteiger partial charge on any atom is 0.146 e. The summed E-state index contributed by atoms with van der Waals surface area (Å²) in [6.07, 6.45) is 0.164. The van der Waals surface area contributed by atoms with Gasteiger partial charge in [0.05, 0.1) is 5.60 Å². The van der Waals surface area contributed by atoms with E-state index in [2.05, 4.69) is 0 Å². The summed E-state index contributed by atoms with van der Waals surface area (Å²) < 4.78 is 14.1. The van der Waals surface area contributed by atoms with Crippen molar-refractivity contribution in [3.63, 3.8) is 0 Å². The minimum Gasteiger partial charge on any atom is -0.385 e. The summed E-state index contributed by atoms with van der Waals surface area (Å²) in [6, 6.07) is 26.7. The lowest BCUT2D eigenvalue weighted by Crippen LogP contribution is -2.32. The molecule has 0 aliphatic rings. The first-order valence-corrected chi connectivity index (χ1v) is 10.3. The Hall–Kier alpha value is -2.15. The number of aryl methyl sites for hydroxylation is 1. The first-order valence-electron chi connectivity index (χ1n) is 8.42. The maximum absolute atomic E-state index is 14.1. The lowest BCUT2D eigenvalue weighted by Gasteiger charge is -2.30. The molecule has 0 heterocycles. The number of aliphatic hydroxyl groups is 1. The van der Waals surface area contributed by atoms with Gasteiger partial charge in [-0.05, 0) is 19.4 Å². The molecule has 0 radical (unpaired) electrons. The third kappa shape index (κ3) is 3.76. The summed E-state index contributed by atoms with van der Waals surface area (Å²) in [5.41, 5.74) is 0.680. The molecule has 0 bridgehead atoms. The van der Waals surface area contributed by atoms with E-state index in [1.54, 1.807) is 6.92 Å². The van der Waals surface area contributed by atoms with Crippen LogP contribution in [-0.2, 0) is 10.2 Å². The Morgan fingerprint density at radius 2 is 1.36 bits per heavy atom. The zero-order chi connectivity index (χ0) is 17.9. The molecule has 1 N–H and O–H groups in total. The normalized spacial score (nSPS) is 14.0. The number of hydrogen-bond acceptors (Lipinski definition) is 2. The predicted molar refractivity (Wildman–Crippen MR) is 105 cm³/mol. The standard InChI is InChI=1S/C22H23O2P/c1-18-10-9-11-19(16-18)22(2,23)17-25(24,20-12-5-3-6-13-20)21-14-7-4-8-15-21/h3-16,23H,17H2,1-2H3. The topological polar surface area (TPSA) is 37.3 Å². The molecule has 128 valence electrons. The summed E-state index contributed by atoms with van der Waals surface area (Å²) in [6.45, 7) is 3.74. The van der Waals surface area contributed by atoms with E-state index in [-0.39, 0.29) is 6.16 Å². The zero-order valence-corrected chi connectivity index (χ0v) is 15.5. The Morgan fingerprint density at radius 3 is 1.84 bits per heavy atom. The monoisotopic (exact) mass is 350 g/mol. The van der Waals surface area contributed by atoms with Crippen LogP contribution in [0.1, 0.15) is 18.1 Å². The van der Waals surface area contributed by atoms with Crippen LogP contribution in [0.2, 0.25) is 0 Å². The van der Waals surface area contributed by atoms with Gasteiger partial charge in [0.2, 0.25) is 0 Å². The minimum atomic E-state index is -2.98. The Bertz CT molecular complexity index is 843. The second-order valence-electron chi connectivity index (χ2n) is 6.71. The SMILES string of the molecule is Cc1cccc(C(C)(O)CP(=O)(c2ccccc2)c2ccccc2)c1. The highest BCUT2D eigenvalue weighted by molar-refractivity contribution is 7.78. The number of benzene rings is 3. The van der Waals surface area contributed by atoms with Crippen molar-refractivity contribution in [3.8, 4) is 0 Å². The second-order valence-corrected chi connectivity index (χ2v) is 9.54. The summed E-state index contributed by atoms with van der Waals surface area (Å²) >= 11 is 0. The molecule has 1 unspecified atom stereocenters. The van der Waals surface area contributed by atoms with E-state index in [0.29, 0.717) is 0 Å². The fourth-order valence-corrected chi connectivity index (χ4v) is 6.19. The minimum absolute atomic E-state index is 0.164. The van der Waals surface area contributed by atoms with Crippen molar-refractivity contribution in [2.75, 3.05) is 6.16 Å². The fraction of sp³-hybridized carbons (Fsp3) is 0.182. The fourth-order valence-electron chi connectivity index (χ4n) is 3.17. The average Bonchev–Trinajstić information content (AvgIpc) is 2.63. The van der Waals surface area contributed by atoms with Crippen molar-refractivity contribution >= 4 is 17.8 Å². The van der Waals surface area contributed by atoms with E-state index in [9.17, 15) is 9.67 Å². The van der Waals surface area contributed by atoms with Crippen molar-refractivity contribution in [3.05, 3.63) is 96.1 Å². The Morgan fingerprint density at radius 1 is 0.840 bits per heavy atom. The van der Waals surface area contributed by atoms with Crippen molar-refractivity contribution < 1.29 is 9.67 Å². The van der Waals surface area contributed by atoms with Crippen molar-refractivity contribution in [2.24, 2.45) is 0 Å². The van der Waals surface area contributed by atoms with Crippen LogP contribution in [0.4, 0.5) is 0 Å². The van der Waals surface area contributed by atoms with Gasteiger partial charge in [-0.15, -0.1) is 0 Å². The lowest BCUT2D eigenvalue weighted by molar-refractivity contribution is 0.0819. The highest BCUT2D eigenvalue weighted by Crippen LogP contribution is 2.48. The van der Waals surface area contributed by atoms with Crippen LogP contribution in [0.5, 0.6) is 0 Å². The van der Waals surface area contributed by atoms with E-state index in [4.69, 9.17) is 0 Å². The van der Waals surface area contributed by atoms with Gasteiger partial charge in [-0.25, -0.2) is 0 Å². The quantitative estimate of drug-likeness (QED) is 0.700. The molecule has 3 rings (SSSR count). The molecule has 0 aliphatic carbocycles. The molecule has 3 heteroatoms. The van der Waals surface area contributed by atoms with Gasteiger partial charge in [-0.2, -0.15) is 0 Å². The third-order valence-electron chi connectivity index (χ3n) is 4.52. The van der Waals surface area contributed by atoms with Crippen molar-refractivity contribution in [1.82, 2.24) is 0 Å². The van der Waals surface area contributed by atoms with Crippen LogP contribution in [-0.4, -0.2) is 11.3 Å². The average molecular weight is 350 g/mol. The summed E-state index contributed by atoms with van der Waals surface area (Å²) in [5, 5.41) is 12.7. The van der Waals surface area contributed by atoms with Gasteiger partial charge in [0.1, 0.15) is 7.14 Å². The van der Waals surface area contributed by atoms with Gasteiger partial charge in [-0.3, -0.25) is 0 Å². The highest BCUT2D eigenvalue weighted by atomic mass is 31.2. The van der Waals surface area contributed by atoms with Gasteiger partial charge >= 0.3 is 0 Å². The molecule has 2 nitrogen and oxygen atoms in total. The summed E-state index contributed by atoms with van der Waals surface area (Å²) in [5.74, 6) is 0. The lowest BCUT2D eigenvalue weighted by atomic mass is 9.97. The molecule has 0 saturated heterocycles. The smallest absolute Gasteiger partial charge is 0.146 e. The molecule has 0 aliphatic heterocycles. The van der Waals surface area contributed by atoms with Crippen LogP contribution in [0.15, 0.2) is 84.9 Å². The van der Waals surface area contributed by atoms with Crippen molar-refractivity contribution in [2.45, 2.75) is 19.4 Å². The van der Waals surface area contributed by atoms with E-state index in [1.807, 2.05) is 91.9 Å². The molecule has 0 saturated carbocycles. The van der Waals surface area contributed by atoms with E-state index >= 15 is 0 Å². The van der Waals surface area contributed by atoms with E-state index in [0.717, 1.165) is 21.7 Å². The van der Waals surface area contributed by atoms with Crippen molar-refractivity contribution in [1.29, 1.82) is 0 Å². The van der Waals surface area contributed by atoms with Crippen LogP contribution in [0.3, 0.4) is 0 Å². The Balaban J connectivity index is 2.09. The molecule has 0 aromatic heterocycles. The molecule has 3 aromatic carbocycles. The summed E-state index contributed by atoms with van der Waals surface area (Å²) in [7, 11) is -2.98. The van der Waals surface area contributed by atoms with Gasteiger partial charge in [-0.1, -0.05) is 90.5 Å². The zero-order valence-electron chi connectivity index (χ0n) is 14.6. The second kappa shape index (κ2) is 7.00. The van der Waals surface area contributed by atoms with E-state index < -0.39 is 12.7 Å². The van der Waals surface area contributed by atoms with Gasteiger partial charge < -0.3 is 9.67 Å². The number of hydrogen-bond donors (Lipinski definition) is 1. The molecular formula is C22H23O2P. The first kappa shape index (κ1) is 17.7. The first-order chi connectivity index (χ1) is 11.9.